The van der Waals surface area contributed by atoms with Crippen LogP contribution in [0.1, 0.15) is 22.2 Å². The van der Waals surface area contributed by atoms with Crippen molar-refractivity contribution in [1.82, 2.24) is 0 Å². The van der Waals surface area contributed by atoms with Crippen molar-refractivity contribution in [2.45, 2.75) is 13.5 Å². The van der Waals surface area contributed by atoms with Crippen LogP contribution in [0.2, 0.25) is 0 Å². The lowest BCUT2D eigenvalue weighted by atomic mass is 10.2. The van der Waals surface area contributed by atoms with Crippen molar-refractivity contribution in [2.24, 2.45) is 0 Å². The predicted molar refractivity (Wildman–Crippen MR) is 104 cm³/mol. The molecule has 0 atom stereocenters. The molecule has 0 aliphatic carbocycles. The number of carbonyl (C=O) groups excluding carboxylic acids is 2. The summed E-state index contributed by atoms with van der Waals surface area (Å²) in [6, 6.07) is 11.4. The van der Waals surface area contributed by atoms with E-state index < -0.39 is 11.6 Å². The Bertz CT molecular complexity index is 1000. The number of thiophene rings is 1. The summed E-state index contributed by atoms with van der Waals surface area (Å²) < 4.78 is 31.8. The molecule has 0 fully saturated rings. The molecule has 0 spiro atoms. The second kappa shape index (κ2) is 8.62. The summed E-state index contributed by atoms with van der Waals surface area (Å²) in [5.41, 5.74) is 1.91. The fraction of sp³-hybridized carbons (Fsp3) is 0.100. The Balaban J connectivity index is 1.58. The molecule has 1 aromatic heterocycles. The van der Waals surface area contributed by atoms with Crippen LogP contribution >= 0.6 is 11.3 Å². The van der Waals surface area contributed by atoms with Gasteiger partial charge in [-0.3, -0.25) is 9.59 Å². The van der Waals surface area contributed by atoms with Crippen LogP contribution in [0.15, 0.2) is 53.9 Å². The highest BCUT2D eigenvalue weighted by atomic mass is 32.1. The van der Waals surface area contributed by atoms with E-state index in [4.69, 9.17) is 4.74 Å². The Morgan fingerprint density at radius 1 is 1.00 bits per heavy atom. The molecule has 0 aliphatic heterocycles. The molecule has 0 saturated heterocycles. The molecule has 5 nitrogen and oxygen atoms in total. The maximum atomic E-state index is 13.6. The average molecular weight is 402 g/mol. The monoisotopic (exact) mass is 402 g/mol. The molecule has 144 valence electrons. The van der Waals surface area contributed by atoms with E-state index in [2.05, 4.69) is 10.6 Å². The van der Waals surface area contributed by atoms with Crippen molar-refractivity contribution >= 4 is 34.5 Å². The van der Waals surface area contributed by atoms with E-state index in [0.29, 0.717) is 21.8 Å². The van der Waals surface area contributed by atoms with Gasteiger partial charge in [-0.25, -0.2) is 8.78 Å². The smallest absolute Gasteiger partial charge is 0.265 e. The number of ether oxygens (including phenoxy) is 1. The first-order valence-corrected chi connectivity index (χ1v) is 9.13. The lowest BCUT2D eigenvalue weighted by Gasteiger charge is -2.06. The lowest BCUT2D eigenvalue weighted by molar-refractivity contribution is -0.114. The Hall–Kier alpha value is -3.26. The number of nitrogens with one attached hydrogen (secondary N) is 2. The topological polar surface area (TPSA) is 67.4 Å². The highest BCUT2D eigenvalue weighted by molar-refractivity contribution is 7.12. The molecule has 2 amide bonds. The summed E-state index contributed by atoms with van der Waals surface area (Å²) in [4.78, 5) is 23.8. The summed E-state index contributed by atoms with van der Waals surface area (Å²) in [6.07, 6.45) is 0. The summed E-state index contributed by atoms with van der Waals surface area (Å²) >= 11 is 1.23. The minimum Gasteiger partial charge on any atom is -0.486 e. The fourth-order valence-corrected chi connectivity index (χ4v) is 3.15. The number of carbonyl (C=O) groups is 2. The van der Waals surface area contributed by atoms with E-state index in [0.717, 1.165) is 12.1 Å². The summed E-state index contributed by atoms with van der Waals surface area (Å²) in [7, 11) is 0. The van der Waals surface area contributed by atoms with E-state index >= 15 is 0 Å². The van der Waals surface area contributed by atoms with Gasteiger partial charge in [-0.05, 0) is 47.8 Å². The number of amides is 2. The zero-order valence-electron chi connectivity index (χ0n) is 14.8. The van der Waals surface area contributed by atoms with E-state index in [-0.39, 0.29) is 24.2 Å². The highest BCUT2D eigenvalue weighted by Gasteiger charge is 2.11. The average Bonchev–Trinajstić information content (AvgIpc) is 3.11. The van der Waals surface area contributed by atoms with Gasteiger partial charge in [0.25, 0.3) is 5.91 Å². The van der Waals surface area contributed by atoms with Crippen LogP contribution in [0.4, 0.5) is 20.2 Å². The zero-order chi connectivity index (χ0) is 20.1. The maximum absolute atomic E-state index is 13.6. The molecule has 0 bridgehead atoms. The molecule has 1 heterocycles. The van der Waals surface area contributed by atoms with Gasteiger partial charge in [-0.1, -0.05) is 0 Å². The van der Waals surface area contributed by atoms with Gasteiger partial charge < -0.3 is 15.4 Å². The molecule has 2 N–H and O–H groups in total. The van der Waals surface area contributed by atoms with Gasteiger partial charge in [0.05, 0.1) is 4.88 Å². The Labute approximate surface area is 164 Å². The van der Waals surface area contributed by atoms with Crippen molar-refractivity contribution in [2.75, 3.05) is 10.6 Å². The lowest BCUT2D eigenvalue weighted by Crippen LogP contribution is -2.10. The maximum Gasteiger partial charge on any atom is 0.265 e. The van der Waals surface area contributed by atoms with Crippen LogP contribution in [0.25, 0.3) is 0 Å². The predicted octanol–water partition coefficient (Wildman–Crippen LogP) is 4.82. The van der Waals surface area contributed by atoms with Crippen LogP contribution in [0.5, 0.6) is 5.75 Å². The number of hydrogen-bond donors (Lipinski definition) is 2. The number of anilines is 2. The Kier molecular flexibility index (Phi) is 6.00. The van der Waals surface area contributed by atoms with Gasteiger partial charge in [0.15, 0.2) is 11.6 Å². The summed E-state index contributed by atoms with van der Waals surface area (Å²) in [5, 5.41) is 7.13. The zero-order valence-corrected chi connectivity index (χ0v) is 15.6. The first-order chi connectivity index (χ1) is 13.4. The molecule has 3 rings (SSSR count). The van der Waals surface area contributed by atoms with Crippen LogP contribution in [0, 0.1) is 11.6 Å². The van der Waals surface area contributed by atoms with Gasteiger partial charge in [-0.2, -0.15) is 0 Å². The Morgan fingerprint density at radius 2 is 1.68 bits per heavy atom. The molecular formula is C20H16F2N2O3S. The standard InChI is InChI=1S/C20H16F2N2O3S/c1-12(25)23-15-3-5-16(6-4-15)24-20(26)19-8-13(11-28-19)10-27-18-7-2-14(21)9-17(18)22/h2-9,11H,10H2,1H3,(H,23,25)(H,24,26). The third-order valence-corrected chi connectivity index (χ3v) is 4.61. The van der Waals surface area contributed by atoms with E-state index in [1.807, 2.05) is 0 Å². The highest BCUT2D eigenvalue weighted by Crippen LogP contribution is 2.22. The molecule has 2 aromatic carbocycles. The minimum absolute atomic E-state index is 0.0533. The summed E-state index contributed by atoms with van der Waals surface area (Å²) in [5.74, 6) is -1.99. The normalized spacial score (nSPS) is 10.4. The van der Waals surface area contributed by atoms with Gasteiger partial charge in [-0.15, -0.1) is 11.3 Å². The van der Waals surface area contributed by atoms with E-state index in [9.17, 15) is 18.4 Å². The third kappa shape index (κ3) is 5.14. The quantitative estimate of drug-likeness (QED) is 0.621. The molecule has 0 aliphatic rings. The third-order valence-electron chi connectivity index (χ3n) is 3.63. The van der Waals surface area contributed by atoms with Crippen molar-refractivity contribution in [1.29, 1.82) is 0 Å². The molecule has 0 radical (unpaired) electrons. The fourth-order valence-electron chi connectivity index (χ4n) is 2.36. The molecular weight excluding hydrogens is 386 g/mol. The molecule has 28 heavy (non-hydrogen) atoms. The SMILES string of the molecule is CC(=O)Nc1ccc(NC(=O)c2cc(COc3ccc(F)cc3F)cs2)cc1. The van der Waals surface area contributed by atoms with Crippen molar-refractivity contribution < 1.29 is 23.1 Å². The molecule has 0 unspecified atom stereocenters. The molecule has 0 saturated carbocycles. The van der Waals surface area contributed by atoms with Crippen molar-refractivity contribution in [3.8, 4) is 5.75 Å². The van der Waals surface area contributed by atoms with Crippen LogP contribution in [-0.2, 0) is 11.4 Å². The van der Waals surface area contributed by atoms with E-state index in [1.54, 1.807) is 35.7 Å². The minimum atomic E-state index is -0.782. The van der Waals surface area contributed by atoms with Crippen LogP contribution in [-0.4, -0.2) is 11.8 Å². The second-order valence-electron chi connectivity index (χ2n) is 5.90. The molecule has 8 heteroatoms. The number of benzene rings is 2. The summed E-state index contributed by atoms with van der Waals surface area (Å²) in [6.45, 7) is 1.47. The number of hydrogen-bond acceptors (Lipinski definition) is 4. The van der Waals surface area contributed by atoms with Crippen molar-refractivity contribution in [3.63, 3.8) is 0 Å². The second-order valence-corrected chi connectivity index (χ2v) is 6.81. The van der Waals surface area contributed by atoms with Gasteiger partial charge >= 0.3 is 0 Å². The number of rotatable bonds is 6. The largest absolute Gasteiger partial charge is 0.486 e. The Morgan fingerprint density at radius 3 is 2.32 bits per heavy atom. The van der Waals surface area contributed by atoms with Crippen LogP contribution < -0.4 is 15.4 Å². The van der Waals surface area contributed by atoms with Crippen molar-refractivity contribution in [3.05, 3.63) is 76.0 Å². The van der Waals surface area contributed by atoms with Gasteiger partial charge in [0.2, 0.25) is 5.91 Å². The number of halogens is 2. The van der Waals surface area contributed by atoms with E-state index in [1.165, 1.54) is 24.3 Å². The van der Waals surface area contributed by atoms with Gasteiger partial charge in [0, 0.05) is 29.9 Å². The molecule has 3 aromatic rings. The first kappa shape index (κ1) is 19.5. The first-order valence-electron chi connectivity index (χ1n) is 8.25. The van der Waals surface area contributed by atoms with Gasteiger partial charge in [0.1, 0.15) is 12.4 Å². The van der Waals surface area contributed by atoms with Crippen LogP contribution in [0.3, 0.4) is 0 Å².